The maximum absolute atomic E-state index is 13.7. The maximum atomic E-state index is 13.7. The SMILES string of the molecule is Nc1c(Cl)cc(C[C@@H](CC(=O)N2CCC(N3CCc4ccccc4NC3=O)CC2)C(=O)N2CCN(S(=O)(=O)O)CC2)cc1C(F)(F)F. The number of hydrogen-bond acceptors (Lipinski definition) is 6. The minimum absolute atomic E-state index is 0.0612. The molecule has 256 valence electrons. The molecule has 2 saturated heterocycles. The third kappa shape index (κ3) is 8.11. The lowest BCUT2D eigenvalue weighted by atomic mass is 9.92. The van der Waals surface area contributed by atoms with Crippen LogP contribution in [0.4, 0.5) is 29.3 Å². The number of nitrogens with one attached hydrogen (secondary N) is 1. The van der Waals surface area contributed by atoms with Crippen LogP contribution in [0, 0.1) is 5.92 Å². The number of nitrogens with two attached hydrogens (primary N) is 1. The molecule has 3 aliphatic rings. The van der Waals surface area contributed by atoms with Gasteiger partial charge in [-0.05, 0) is 55.0 Å². The molecule has 4 N–H and O–H groups in total. The zero-order valence-corrected chi connectivity index (χ0v) is 27.0. The number of fused-ring (bicyclic) bond motifs is 1. The zero-order valence-electron chi connectivity index (χ0n) is 25.4. The first kappa shape index (κ1) is 34.7. The van der Waals surface area contributed by atoms with E-state index in [1.54, 1.807) is 9.80 Å². The molecule has 2 aromatic rings. The van der Waals surface area contributed by atoms with Crippen molar-refractivity contribution in [3.63, 3.8) is 0 Å². The largest absolute Gasteiger partial charge is 0.418 e. The summed E-state index contributed by atoms with van der Waals surface area (Å²) in [4.78, 5) is 45.0. The Hall–Kier alpha value is -3.60. The van der Waals surface area contributed by atoms with Crippen LogP contribution in [0.1, 0.15) is 36.0 Å². The predicted molar refractivity (Wildman–Crippen MR) is 168 cm³/mol. The number of urea groups is 1. The molecule has 3 heterocycles. The van der Waals surface area contributed by atoms with E-state index >= 15 is 0 Å². The lowest BCUT2D eigenvalue weighted by molar-refractivity contribution is -0.142. The number of carbonyl (C=O) groups excluding carboxylic acids is 3. The number of nitrogens with zero attached hydrogens (tertiary/aromatic N) is 4. The van der Waals surface area contributed by atoms with Crippen LogP contribution in [0.15, 0.2) is 36.4 Å². The van der Waals surface area contributed by atoms with E-state index in [2.05, 4.69) is 5.32 Å². The van der Waals surface area contributed by atoms with Crippen LogP contribution in [0.3, 0.4) is 0 Å². The smallest absolute Gasteiger partial charge is 0.397 e. The molecular weight excluding hydrogens is 665 g/mol. The standard InChI is InChI=1S/C30H36ClF3N6O6S/c31-24-17-19(16-23(27(24)35)30(32,33)34)15-21(28(42)38-11-13-39(14-12-38)47(44,45)46)18-26(41)37-8-6-22(7-9-37)40-10-5-20-3-1-2-4-25(20)36-29(40)43/h1-4,16-17,21-22H,5-15,18,35H2,(H,36,43)(H,44,45,46)/t21-/m0/s1. The highest BCUT2D eigenvalue weighted by atomic mass is 35.5. The second-order valence-corrected chi connectivity index (χ2v) is 13.8. The van der Waals surface area contributed by atoms with Crippen molar-refractivity contribution in [1.29, 1.82) is 0 Å². The molecule has 3 aliphatic heterocycles. The molecule has 2 fully saturated rings. The van der Waals surface area contributed by atoms with Gasteiger partial charge in [0, 0.05) is 64.0 Å². The van der Waals surface area contributed by atoms with E-state index in [1.807, 2.05) is 24.3 Å². The number of hydrogen-bond donors (Lipinski definition) is 3. The van der Waals surface area contributed by atoms with Crippen LogP contribution in [0.2, 0.25) is 5.02 Å². The highest BCUT2D eigenvalue weighted by molar-refractivity contribution is 7.83. The summed E-state index contributed by atoms with van der Waals surface area (Å²) in [5.41, 5.74) is 5.66. The number of likely N-dealkylation sites (tertiary alicyclic amines) is 1. The van der Waals surface area contributed by atoms with Crippen molar-refractivity contribution < 1.29 is 40.5 Å². The average molecular weight is 701 g/mol. The van der Waals surface area contributed by atoms with E-state index in [9.17, 15) is 40.5 Å². The number of para-hydroxylation sites is 1. The van der Waals surface area contributed by atoms with E-state index in [-0.39, 0.29) is 67.6 Å². The fourth-order valence-electron chi connectivity index (χ4n) is 6.46. The van der Waals surface area contributed by atoms with E-state index in [0.717, 1.165) is 21.6 Å². The van der Waals surface area contributed by atoms with Crippen LogP contribution in [0.25, 0.3) is 0 Å². The summed E-state index contributed by atoms with van der Waals surface area (Å²) >= 11 is 6.03. The topological polar surface area (TPSA) is 157 Å². The fraction of sp³-hybridized carbons (Fsp3) is 0.500. The number of carbonyl (C=O) groups is 3. The first-order valence-electron chi connectivity index (χ1n) is 15.2. The number of piperazine rings is 1. The van der Waals surface area contributed by atoms with Gasteiger partial charge < -0.3 is 25.8 Å². The Morgan fingerprint density at radius 1 is 1.02 bits per heavy atom. The van der Waals surface area contributed by atoms with Crippen molar-refractivity contribution in [2.45, 2.75) is 44.3 Å². The molecule has 17 heteroatoms. The summed E-state index contributed by atoms with van der Waals surface area (Å²) in [6.07, 6.45) is -3.67. The molecule has 0 bridgehead atoms. The number of anilines is 2. The third-order valence-electron chi connectivity index (χ3n) is 9.02. The zero-order chi connectivity index (χ0) is 34.1. The van der Waals surface area contributed by atoms with Gasteiger partial charge in [-0.2, -0.15) is 25.9 Å². The Morgan fingerprint density at radius 3 is 2.32 bits per heavy atom. The number of benzene rings is 2. The first-order valence-corrected chi connectivity index (χ1v) is 17.0. The van der Waals surface area contributed by atoms with Crippen molar-refractivity contribution >= 4 is 51.1 Å². The van der Waals surface area contributed by atoms with Gasteiger partial charge in [-0.15, -0.1) is 0 Å². The Labute approximate surface area is 275 Å². The van der Waals surface area contributed by atoms with Crippen LogP contribution in [-0.2, 0) is 38.9 Å². The first-order chi connectivity index (χ1) is 22.1. The molecular formula is C30H36ClF3N6O6S. The third-order valence-corrected chi connectivity index (χ3v) is 10.4. The van der Waals surface area contributed by atoms with Gasteiger partial charge in [0.15, 0.2) is 0 Å². The van der Waals surface area contributed by atoms with Gasteiger partial charge in [-0.3, -0.25) is 14.1 Å². The number of halogens is 4. The molecule has 2 aromatic carbocycles. The Bertz CT molecular complexity index is 1630. The van der Waals surface area contributed by atoms with Crippen molar-refractivity contribution in [3.8, 4) is 0 Å². The number of amides is 4. The molecule has 0 unspecified atom stereocenters. The van der Waals surface area contributed by atoms with Gasteiger partial charge >= 0.3 is 22.5 Å². The predicted octanol–water partition coefficient (Wildman–Crippen LogP) is 3.52. The summed E-state index contributed by atoms with van der Waals surface area (Å²) in [6, 6.07) is 9.33. The molecule has 4 amide bonds. The minimum atomic E-state index is -4.80. The maximum Gasteiger partial charge on any atom is 0.418 e. The van der Waals surface area contributed by atoms with E-state index < -0.39 is 39.6 Å². The normalized spacial score (nSPS) is 19.2. The van der Waals surface area contributed by atoms with E-state index in [1.165, 1.54) is 11.0 Å². The molecule has 12 nitrogen and oxygen atoms in total. The quantitative estimate of drug-likeness (QED) is 0.295. The monoisotopic (exact) mass is 700 g/mol. The lowest BCUT2D eigenvalue weighted by Crippen LogP contribution is -2.53. The van der Waals surface area contributed by atoms with E-state index in [4.69, 9.17) is 17.3 Å². The van der Waals surface area contributed by atoms with Crippen LogP contribution >= 0.6 is 11.6 Å². The van der Waals surface area contributed by atoms with Gasteiger partial charge in [0.2, 0.25) is 11.8 Å². The van der Waals surface area contributed by atoms with Gasteiger partial charge in [-0.1, -0.05) is 29.8 Å². The summed E-state index contributed by atoms with van der Waals surface area (Å²) in [5, 5.41) is 2.62. The molecule has 0 radical (unpaired) electrons. The minimum Gasteiger partial charge on any atom is -0.397 e. The number of rotatable bonds is 7. The van der Waals surface area contributed by atoms with Crippen molar-refractivity contribution in [2.75, 3.05) is 56.9 Å². The summed E-state index contributed by atoms with van der Waals surface area (Å²) < 4.78 is 74.3. The number of piperidine rings is 1. The van der Waals surface area contributed by atoms with Crippen molar-refractivity contribution in [2.24, 2.45) is 5.92 Å². The molecule has 0 saturated carbocycles. The van der Waals surface area contributed by atoms with Gasteiger partial charge in [0.05, 0.1) is 22.2 Å². The van der Waals surface area contributed by atoms with E-state index in [0.29, 0.717) is 38.9 Å². The highest BCUT2D eigenvalue weighted by Gasteiger charge is 2.37. The fourth-order valence-corrected chi connectivity index (χ4v) is 7.33. The van der Waals surface area contributed by atoms with Gasteiger partial charge in [0.25, 0.3) is 0 Å². The van der Waals surface area contributed by atoms with Gasteiger partial charge in [0.1, 0.15) is 0 Å². The number of alkyl halides is 3. The average Bonchev–Trinajstić information content (AvgIpc) is 3.19. The second-order valence-electron chi connectivity index (χ2n) is 12.0. The van der Waals surface area contributed by atoms with Crippen LogP contribution in [-0.4, -0.2) is 102 Å². The molecule has 0 aromatic heterocycles. The summed E-state index contributed by atoms with van der Waals surface area (Å²) in [7, 11) is -4.46. The lowest BCUT2D eigenvalue weighted by Gasteiger charge is -2.38. The molecule has 0 aliphatic carbocycles. The van der Waals surface area contributed by atoms with Crippen molar-refractivity contribution in [3.05, 3.63) is 58.1 Å². The van der Waals surface area contributed by atoms with Crippen LogP contribution < -0.4 is 11.1 Å². The van der Waals surface area contributed by atoms with Crippen LogP contribution in [0.5, 0.6) is 0 Å². The number of nitrogen functional groups attached to an aromatic ring is 1. The summed E-state index contributed by atoms with van der Waals surface area (Å²) in [5.74, 6) is -2.00. The van der Waals surface area contributed by atoms with Gasteiger partial charge in [-0.25, -0.2) is 4.79 Å². The second kappa shape index (κ2) is 13.9. The Kier molecular flexibility index (Phi) is 10.2. The highest BCUT2D eigenvalue weighted by Crippen LogP contribution is 2.38. The molecule has 1 atom stereocenters. The Balaban J connectivity index is 1.28. The molecule has 0 spiro atoms. The molecule has 47 heavy (non-hydrogen) atoms. The Morgan fingerprint density at radius 2 is 1.68 bits per heavy atom. The molecule has 5 rings (SSSR count). The summed E-state index contributed by atoms with van der Waals surface area (Å²) in [6.45, 7) is 0.645. The van der Waals surface area contributed by atoms with Crippen molar-refractivity contribution in [1.82, 2.24) is 19.0 Å².